The standard InChI is InChI=1S/C8H10N2/c1-3-5-8(6-9)7-10-4-2/h3-4,7-8H,1-2,5H2. The zero-order valence-corrected chi connectivity index (χ0v) is 5.83. The van der Waals surface area contributed by atoms with E-state index in [-0.39, 0.29) is 5.92 Å². The molecule has 0 aromatic carbocycles. The summed E-state index contributed by atoms with van der Waals surface area (Å²) in [6.45, 7) is 6.91. The highest BCUT2D eigenvalue weighted by molar-refractivity contribution is 5.64. The molecule has 0 saturated carbocycles. The van der Waals surface area contributed by atoms with Crippen LogP contribution in [-0.4, -0.2) is 6.21 Å². The van der Waals surface area contributed by atoms with Crippen LogP contribution in [0.4, 0.5) is 0 Å². The zero-order valence-electron chi connectivity index (χ0n) is 5.83. The van der Waals surface area contributed by atoms with Crippen LogP contribution in [0.3, 0.4) is 0 Å². The number of aliphatic imine (C=N–C) groups is 1. The number of hydrogen-bond donors (Lipinski definition) is 0. The highest BCUT2D eigenvalue weighted by atomic mass is 14.7. The van der Waals surface area contributed by atoms with Gasteiger partial charge in [0.15, 0.2) is 0 Å². The first kappa shape index (κ1) is 8.64. The Morgan fingerprint density at radius 1 is 1.60 bits per heavy atom. The Balaban J connectivity index is 3.84. The summed E-state index contributed by atoms with van der Waals surface area (Å²) in [6.07, 6.45) is 5.32. The second kappa shape index (κ2) is 5.77. The van der Waals surface area contributed by atoms with E-state index in [9.17, 15) is 0 Å². The average molecular weight is 134 g/mol. The van der Waals surface area contributed by atoms with E-state index in [0.29, 0.717) is 6.42 Å². The Morgan fingerprint density at radius 3 is 2.70 bits per heavy atom. The number of nitriles is 1. The third-order valence-electron chi connectivity index (χ3n) is 0.958. The summed E-state index contributed by atoms with van der Waals surface area (Å²) in [5.41, 5.74) is 0. The molecule has 0 aromatic rings. The molecule has 10 heavy (non-hydrogen) atoms. The van der Waals surface area contributed by atoms with E-state index < -0.39 is 0 Å². The van der Waals surface area contributed by atoms with Crippen LogP contribution in [0.15, 0.2) is 30.4 Å². The fraction of sp³-hybridized carbons (Fsp3) is 0.250. The van der Waals surface area contributed by atoms with Crippen LogP contribution in [0.25, 0.3) is 0 Å². The number of hydrogen-bond acceptors (Lipinski definition) is 2. The molecule has 1 unspecified atom stereocenters. The molecule has 0 aliphatic rings. The Hall–Kier alpha value is -1.36. The lowest BCUT2D eigenvalue weighted by Crippen LogP contribution is -1.94. The molecule has 0 bridgehead atoms. The average Bonchev–Trinajstić information content (AvgIpc) is 1.98. The quantitative estimate of drug-likeness (QED) is 0.427. The molecule has 0 heterocycles. The smallest absolute Gasteiger partial charge is 0.0849 e. The van der Waals surface area contributed by atoms with Crippen LogP contribution < -0.4 is 0 Å². The van der Waals surface area contributed by atoms with Gasteiger partial charge in [-0.25, -0.2) is 0 Å². The lowest BCUT2D eigenvalue weighted by molar-refractivity contribution is 0.916. The van der Waals surface area contributed by atoms with E-state index >= 15 is 0 Å². The highest BCUT2D eigenvalue weighted by Crippen LogP contribution is 1.97. The second-order valence-electron chi connectivity index (χ2n) is 1.74. The molecule has 52 valence electrons. The van der Waals surface area contributed by atoms with Crippen LogP contribution in [0.1, 0.15) is 6.42 Å². The van der Waals surface area contributed by atoms with Crippen molar-refractivity contribution in [3.05, 3.63) is 25.4 Å². The van der Waals surface area contributed by atoms with Gasteiger partial charge in [-0.1, -0.05) is 12.7 Å². The van der Waals surface area contributed by atoms with Gasteiger partial charge in [-0.05, 0) is 6.42 Å². The van der Waals surface area contributed by atoms with Gasteiger partial charge in [-0.2, -0.15) is 5.26 Å². The van der Waals surface area contributed by atoms with E-state index in [2.05, 4.69) is 24.2 Å². The first-order valence-corrected chi connectivity index (χ1v) is 3.00. The van der Waals surface area contributed by atoms with Gasteiger partial charge in [0.1, 0.15) is 0 Å². The van der Waals surface area contributed by atoms with Gasteiger partial charge in [-0.3, -0.25) is 4.99 Å². The van der Waals surface area contributed by atoms with Crippen LogP contribution in [0, 0.1) is 17.2 Å². The van der Waals surface area contributed by atoms with Crippen LogP contribution in [0.5, 0.6) is 0 Å². The van der Waals surface area contributed by atoms with Crippen molar-refractivity contribution in [2.24, 2.45) is 10.9 Å². The Kier molecular flexibility index (Phi) is 4.99. The monoisotopic (exact) mass is 134 g/mol. The summed E-state index contributed by atoms with van der Waals surface area (Å²) in [5.74, 6) is -0.157. The third-order valence-corrected chi connectivity index (χ3v) is 0.958. The van der Waals surface area contributed by atoms with Gasteiger partial charge in [0, 0.05) is 12.4 Å². The number of nitrogens with zero attached hydrogens (tertiary/aromatic N) is 2. The highest BCUT2D eigenvalue weighted by Gasteiger charge is 1.97. The molecule has 0 radical (unpaired) electrons. The maximum Gasteiger partial charge on any atom is 0.0849 e. The first-order valence-electron chi connectivity index (χ1n) is 3.00. The van der Waals surface area contributed by atoms with Crippen LogP contribution in [-0.2, 0) is 0 Å². The summed E-state index contributed by atoms with van der Waals surface area (Å²) in [7, 11) is 0. The first-order chi connectivity index (χ1) is 4.85. The van der Waals surface area contributed by atoms with Gasteiger partial charge < -0.3 is 0 Å². The fourth-order valence-corrected chi connectivity index (χ4v) is 0.491. The van der Waals surface area contributed by atoms with E-state index in [1.54, 1.807) is 12.3 Å². The Bertz CT molecular complexity index is 174. The maximum atomic E-state index is 8.46. The van der Waals surface area contributed by atoms with Crippen LogP contribution >= 0.6 is 0 Å². The van der Waals surface area contributed by atoms with Crippen LogP contribution in [0.2, 0.25) is 0 Å². The molecule has 0 aliphatic carbocycles. The van der Waals surface area contributed by atoms with Crippen molar-refractivity contribution in [3.8, 4) is 6.07 Å². The van der Waals surface area contributed by atoms with Gasteiger partial charge in [0.25, 0.3) is 0 Å². The van der Waals surface area contributed by atoms with E-state index in [0.717, 1.165) is 0 Å². The topological polar surface area (TPSA) is 36.1 Å². The second-order valence-corrected chi connectivity index (χ2v) is 1.74. The van der Waals surface area contributed by atoms with Crippen molar-refractivity contribution in [1.29, 1.82) is 5.26 Å². The largest absolute Gasteiger partial charge is 0.268 e. The SMILES string of the molecule is C=CCC(C#N)C=NC=C. The molecule has 0 aliphatic heterocycles. The van der Waals surface area contributed by atoms with Gasteiger partial charge in [0.05, 0.1) is 12.0 Å². The van der Waals surface area contributed by atoms with Crippen molar-refractivity contribution >= 4 is 6.21 Å². The Labute approximate surface area is 61.2 Å². The minimum atomic E-state index is -0.157. The molecule has 0 amide bonds. The molecular formula is C8H10N2. The summed E-state index contributed by atoms with van der Waals surface area (Å²) in [5, 5.41) is 8.46. The van der Waals surface area contributed by atoms with Crippen molar-refractivity contribution in [1.82, 2.24) is 0 Å². The molecular weight excluding hydrogens is 124 g/mol. The van der Waals surface area contributed by atoms with Crippen molar-refractivity contribution < 1.29 is 0 Å². The molecule has 1 atom stereocenters. The number of rotatable bonds is 4. The molecule has 0 spiro atoms. The normalized spacial score (nSPS) is 12.3. The number of allylic oxidation sites excluding steroid dienone is 1. The molecule has 0 fully saturated rings. The summed E-state index contributed by atoms with van der Waals surface area (Å²) < 4.78 is 0. The maximum absolute atomic E-state index is 8.46. The minimum absolute atomic E-state index is 0.157. The molecule has 0 aromatic heterocycles. The van der Waals surface area contributed by atoms with Crippen molar-refractivity contribution in [2.45, 2.75) is 6.42 Å². The van der Waals surface area contributed by atoms with Gasteiger partial charge in [-0.15, -0.1) is 6.58 Å². The summed E-state index contributed by atoms with van der Waals surface area (Å²) in [6, 6.07) is 2.07. The lowest BCUT2D eigenvalue weighted by Gasteiger charge is -1.93. The fourth-order valence-electron chi connectivity index (χ4n) is 0.491. The summed E-state index contributed by atoms with van der Waals surface area (Å²) >= 11 is 0. The predicted octanol–water partition coefficient (Wildman–Crippen LogP) is 1.92. The minimum Gasteiger partial charge on any atom is -0.268 e. The Morgan fingerprint density at radius 2 is 2.30 bits per heavy atom. The van der Waals surface area contributed by atoms with Crippen molar-refractivity contribution in [3.63, 3.8) is 0 Å². The predicted molar refractivity (Wildman–Crippen MR) is 42.6 cm³/mol. The van der Waals surface area contributed by atoms with Gasteiger partial charge >= 0.3 is 0 Å². The molecule has 0 rings (SSSR count). The van der Waals surface area contributed by atoms with E-state index in [4.69, 9.17) is 5.26 Å². The zero-order chi connectivity index (χ0) is 7.82. The van der Waals surface area contributed by atoms with Gasteiger partial charge in [0.2, 0.25) is 0 Å². The van der Waals surface area contributed by atoms with Crippen molar-refractivity contribution in [2.75, 3.05) is 0 Å². The lowest BCUT2D eigenvalue weighted by atomic mass is 10.1. The summed E-state index contributed by atoms with van der Waals surface area (Å²) in [4.78, 5) is 3.73. The van der Waals surface area contributed by atoms with E-state index in [1.165, 1.54) is 6.20 Å². The van der Waals surface area contributed by atoms with E-state index in [1.807, 2.05) is 0 Å². The molecule has 0 saturated heterocycles. The third kappa shape index (κ3) is 3.62. The molecule has 2 nitrogen and oxygen atoms in total. The molecule has 0 N–H and O–H groups in total. The molecule has 2 heteroatoms.